The molecular weight excluding hydrogens is 342 g/mol. The molecule has 0 aliphatic carbocycles. The molecule has 28 heavy (non-hydrogen) atoms. The van der Waals surface area contributed by atoms with Crippen molar-refractivity contribution in [2.45, 2.75) is 142 Å². The Labute approximate surface area is 177 Å². The van der Waals surface area contributed by atoms with Crippen LogP contribution in [0.2, 0.25) is 0 Å². The monoisotopic (exact) mass is 393 g/mol. The van der Waals surface area contributed by atoms with E-state index < -0.39 is 0 Å². The largest absolute Gasteiger partial charge is 0.369 e. The zero-order chi connectivity index (χ0) is 20.7. The molecule has 0 spiro atoms. The Morgan fingerprint density at radius 3 is 1.36 bits per heavy atom. The molecule has 0 aliphatic rings. The predicted molar refractivity (Wildman–Crippen MR) is 126 cm³/mol. The zero-order valence-electron chi connectivity index (χ0n) is 19.4. The maximum atomic E-state index is 11.6. The topological polar surface area (TPSA) is 43.1 Å². The van der Waals surface area contributed by atoms with Gasteiger partial charge < -0.3 is 5.73 Å². The summed E-state index contributed by atoms with van der Waals surface area (Å²) >= 11 is 0. The highest BCUT2D eigenvalue weighted by molar-refractivity contribution is 5.76. The highest BCUT2D eigenvalue weighted by Gasteiger charge is 2.14. The lowest BCUT2D eigenvalue weighted by Gasteiger charge is -2.13. The summed E-state index contributed by atoms with van der Waals surface area (Å²) in [5, 5.41) is 0. The fraction of sp³-hybridized carbons (Fsp3) is 0.885. The van der Waals surface area contributed by atoms with Gasteiger partial charge in [-0.05, 0) is 38.5 Å². The molecule has 0 rings (SSSR count). The molecule has 0 aromatic rings. The molecule has 1 unspecified atom stereocenters. The second kappa shape index (κ2) is 22.5. The van der Waals surface area contributed by atoms with Crippen LogP contribution in [0.15, 0.2) is 12.2 Å². The van der Waals surface area contributed by atoms with Crippen molar-refractivity contribution >= 4 is 5.91 Å². The van der Waals surface area contributed by atoms with Gasteiger partial charge in [-0.1, -0.05) is 116 Å². The summed E-state index contributed by atoms with van der Waals surface area (Å²) in [6.07, 6.45) is 30.2. The molecule has 2 nitrogen and oxygen atoms in total. The first-order chi connectivity index (χ1) is 13.7. The van der Waals surface area contributed by atoms with Crippen LogP contribution in [0.4, 0.5) is 0 Å². The number of rotatable bonds is 22. The normalized spacial score (nSPS) is 12.6. The fourth-order valence-electron chi connectivity index (χ4n) is 3.88. The lowest BCUT2D eigenvalue weighted by Crippen LogP contribution is -2.23. The first kappa shape index (κ1) is 27.2. The molecule has 1 atom stereocenters. The van der Waals surface area contributed by atoms with E-state index in [9.17, 15) is 4.79 Å². The van der Waals surface area contributed by atoms with Crippen LogP contribution < -0.4 is 5.73 Å². The van der Waals surface area contributed by atoms with E-state index in [1.54, 1.807) is 0 Å². The van der Waals surface area contributed by atoms with Gasteiger partial charge in [0.15, 0.2) is 0 Å². The van der Waals surface area contributed by atoms with Crippen LogP contribution in [0.25, 0.3) is 0 Å². The highest BCUT2D eigenvalue weighted by atomic mass is 16.1. The minimum absolute atomic E-state index is 0.0776. The number of hydrogen-bond donors (Lipinski definition) is 1. The first-order valence-corrected chi connectivity index (χ1v) is 12.7. The first-order valence-electron chi connectivity index (χ1n) is 12.7. The molecule has 2 heteroatoms. The number of hydrogen-bond acceptors (Lipinski definition) is 1. The maximum absolute atomic E-state index is 11.6. The molecule has 166 valence electrons. The van der Waals surface area contributed by atoms with Crippen molar-refractivity contribution in [1.29, 1.82) is 0 Å². The standard InChI is InChI=1S/C26H51NO/c1-3-5-7-9-11-12-13-14-15-16-17-18-20-22-24-25(26(27)28)23-21-19-10-8-6-4-2/h14-15,25H,3-13,16-24H2,1-2H3,(H2,27,28). The molecule has 0 radical (unpaired) electrons. The van der Waals surface area contributed by atoms with Gasteiger partial charge in [-0.25, -0.2) is 0 Å². The summed E-state index contributed by atoms with van der Waals surface area (Å²) in [5.41, 5.74) is 5.61. The molecule has 0 aromatic heterocycles. The molecule has 0 bridgehead atoms. The van der Waals surface area contributed by atoms with Crippen LogP contribution in [-0.2, 0) is 4.79 Å². The smallest absolute Gasteiger partial charge is 0.220 e. The van der Waals surface area contributed by atoms with Crippen molar-refractivity contribution < 1.29 is 4.79 Å². The van der Waals surface area contributed by atoms with Gasteiger partial charge in [0.05, 0.1) is 0 Å². The summed E-state index contributed by atoms with van der Waals surface area (Å²) < 4.78 is 0. The van der Waals surface area contributed by atoms with Gasteiger partial charge in [0.2, 0.25) is 5.91 Å². The lowest BCUT2D eigenvalue weighted by atomic mass is 9.93. The van der Waals surface area contributed by atoms with Gasteiger partial charge in [-0.15, -0.1) is 0 Å². The minimum atomic E-state index is -0.0776. The second-order valence-corrected chi connectivity index (χ2v) is 8.68. The lowest BCUT2D eigenvalue weighted by molar-refractivity contribution is -0.122. The number of unbranched alkanes of at least 4 members (excludes halogenated alkanes) is 15. The molecule has 0 saturated heterocycles. The van der Waals surface area contributed by atoms with Crippen molar-refractivity contribution in [3.05, 3.63) is 12.2 Å². The summed E-state index contributed by atoms with van der Waals surface area (Å²) in [4.78, 5) is 11.6. The SMILES string of the molecule is CCCCCCCCC=CCCCCCCC(CCCCCCCC)C(N)=O. The number of allylic oxidation sites excluding steroid dienone is 2. The molecule has 2 N–H and O–H groups in total. The Balaban J connectivity index is 3.47. The molecule has 0 fully saturated rings. The molecule has 0 aromatic carbocycles. The van der Waals surface area contributed by atoms with Crippen LogP contribution in [0, 0.1) is 5.92 Å². The van der Waals surface area contributed by atoms with Gasteiger partial charge in [0.25, 0.3) is 0 Å². The third kappa shape index (κ3) is 20.0. The summed E-state index contributed by atoms with van der Waals surface area (Å²) in [6, 6.07) is 0. The zero-order valence-corrected chi connectivity index (χ0v) is 19.4. The quantitative estimate of drug-likeness (QED) is 0.145. The Kier molecular flexibility index (Phi) is 21.9. The minimum Gasteiger partial charge on any atom is -0.369 e. The Morgan fingerprint density at radius 2 is 0.964 bits per heavy atom. The van der Waals surface area contributed by atoms with Crippen LogP contribution in [0.1, 0.15) is 142 Å². The van der Waals surface area contributed by atoms with E-state index in [4.69, 9.17) is 5.73 Å². The number of carbonyl (C=O) groups is 1. The van der Waals surface area contributed by atoms with Gasteiger partial charge in [0, 0.05) is 5.92 Å². The summed E-state index contributed by atoms with van der Waals surface area (Å²) in [5.74, 6) is 0.0367. The second-order valence-electron chi connectivity index (χ2n) is 8.68. The van der Waals surface area contributed by atoms with E-state index >= 15 is 0 Å². The summed E-state index contributed by atoms with van der Waals surface area (Å²) in [6.45, 7) is 4.52. The number of amides is 1. The Bertz CT molecular complexity index is 350. The third-order valence-corrected chi connectivity index (χ3v) is 5.87. The van der Waals surface area contributed by atoms with E-state index in [-0.39, 0.29) is 11.8 Å². The molecule has 0 heterocycles. The van der Waals surface area contributed by atoms with Gasteiger partial charge >= 0.3 is 0 Å². The van der Waals surface area contributed by atoms with Gasteiger partial charge in [-0.3, -0.25) is 4.79 Å². The Hall–Kier alpha value is -0.790. The van der Waals surface area contributed by atoms with E-state index in [1.165, 1.54) is 109 Å². The van der Waals surface area contributed by atoms with Gasteiger partial charge in [0.1, 0.15) is 0 Å². The van der Waals surface area contributed by atoms with E-state index in [0.29, 0.717) is 0 Å². The molecule has 0 saturated carbocycles. The van der Waals surface area contributed by atoms with E-state index in [2.05, 4.69) is 26.0 Å². The molecule has 1 amide bonds. The fourth-order valence-corrected chi connectivity index (χ4v) is 3.88. The van der Waals surface area contributed by atoms with Crippen molar-refractivity contribution in [3.63, 3.8) is 0 Å². The predicted octanol–water partition coefficient (Wildman–Crippen LogP) is 8.49. The molecule has 0 aliphatic heterocycles. The van der Waals surface area contributed by atoms with Crippen LogP contribution in [0.3, 0.4) is 0 Å². The number of carbonyl (C=O) groups excluding carboxylic acids is 1. The van der Waals surface area contributed by atoms with E-state index in [0.717, 1.165) is 19.3 Å². The van der Waals surface area contributed by atoms with Crippen molar-refractivity contribution in [1.82, 2.24) is 0 Å². The third-order valence-electron chi connectivity index (χ3n) is 5.87. The summed E-state index contributed by atoms with van der Waals surface area (Å²) in [7, 11) is 0. The Morgan fingerprint density at radius 1 is 0.607 bits per heavy atom. The van der Waals surface area contributed by atoms with Gasteiger partial charge in [-0.2, -0.15) is 0 Å². The average molecular weight is 394 g/mol. The molecular formula is C26H51NO. The van der Waals surface area contributed by atoms with Crippen LogP contribution in [0.5, 0.6) is 0 Å². The van der Waals surface area contributed by atoms with Crippen molar-refractivity contribution in [2.24, 2.45) is 11.7 Å². The average Bonchev–Trinajstić information content (AvgIpc) is 2.68. The number of nitrogens with two attached hydrogens (primary N) is 1. The van der Waals surface area contributed by atoms with Crippen LogP contribution >= 0.6 is 0 Å². The van der Waals surface area contributed by atoms with E-state index in [1.807, 2.05) is 0 Å². The number of primary amides is 1. The highest BCUT2D eigenvalue weighted by Crippen LogP contribution is 2.19. The maximum Gasteiger partial charge on any atom is 0.220 e. The van der Waals surface area contributed by atoms with Crippen molar-refractivity contribution in [3.8, 4) is 0 Å². The van der Waals surface area contributed by atoms with Crippen molar-refractivity contribution in [2.75, 3.05) is 0 Å². The van der Waals surface area contributed by atoms with Crippen LogP contribution in [-0.4, -0.2) is 5.91 Å².